The first kappa shape index (κ1) is 5.49. The molecule has 0 bridgehead atoms. The minimum atomic E-state index is 1.08. The van der Waals surface area contributed by atoms with Gasteiger partial charge in [-0.1, -0.05) is 12.8 Å². The highest BCUT2D eigenvalue weighted by Crippen LogP contribution is 2.33. The summed E-state index contributed by atoms with van der Waals surface area (Å²) in [5.74, 6) is 2.18. The van der Waals surface area contributed by atoms with Crippen molar-refractivity contribution < 1.29 is 0 Å². The van der Waals surface area contributed by atoms with E-state index in [1.54, 1.807) is 0 Å². The van der Waals surface area contributed by atoms with Gasteiger partial charge in [0.2, 0.25) is 0 Å². The molecular weight excluding hydrogens is 104 g/mol. The zero-order valence-electron chi connectivity index (χ0n) is 4.56. The molecule has 1 rings (SSSR count). The lowest BCUT2D eigenvalue weighted by Gasteiger charge is -1.88. The lowest BCUT2D eigenvalue weighted by molar-refractivity contribution is 0.714. The third-order valence-electron chi connectivity index (χ3n) is 1.47. The number of hydrogen-bond donors (Lipinski definition) is 1. The molecule has 0 aromatic heterocycles. The van der Waals surface area contributed by atoms with Crippen LogP contribution in [0.25, 0.3) is 0 Å². The molecule has 0 amide bonds. The van der Waals surface area contributed by atoms with E-state index in [1.165, 1.54) is 25.7 Å². The summed E-state index contributed by atoms with van der Waals surface area (Å²) in [6, 6.07) is 0. The number of rotatable bonds is 3. The van der Waals surface area contributed by atoms with E-state index in [-0.39, 0.29) is 0 Å². The van der Waals surface area contributed by atoms with Gasteiger partial charge in [-0.15, -0.1) is 0 Å². The van der Waals surface area contributed by atoms with Gasteiger partial charge < -0.3 is 0 Å². The molecule has 0 aromatic carbocycles. The molecule has 0 aliphatic heterocycles. The molecule has 1 aliphatic rings. The monoisotopic (exact) mass is 116 g/mol. The third-order valence-corrected chi connectivity index (χ3v) is 1.78. The van der Waals surface area contributed by atoms with E-state index in [4.69, 9.17) is 0 Å². The summed E-state index contributed by atoms with van der Waals surface area (Å²) >= 11 is 4.12. The van der Waals surface area contributed by atoms with Crippen LogP contribution in [0, 0.1) is 5.92 Å². The molecule has 1 heteroatoms. The van der Waals surface area contributed by atoms with Crippen LogP contribution in [0.15, 0.2) is 0 Å². The van der Waals surface area contributed by atoms with E-state index >= 15 is 0 Å². The number of hydrogen-bond acceptors (Lipinski definition) is 1. The molecule has 0 N–H and O–H groups in total. The summed E-state index contributed by atoms with van der Waals surface area (Å²) in [5, 5.41) is 0. The van der Waals surface area contributed by atoms with Gasteiger partial charge in [0.05, 0.1) is 0 Å². The largest absolute Gasteiger partial charge is 0.179 e. The van der Waals surface area contributed by atoms with E-state index in [1.807, 2.05) is 0 Å². The minimum Gasteiger partial charge on any atom is -0.179 e. The first-order valence-electron chi connectivity index (χ1n) is 3.04. The van der Waals surface area contributed by atoms with E-state index in [2.05, 4.69) is 12.6 Å². The Labute approximate surface area is 50.7 Å². The quantitative estimate of drug-likeness (QED) is 0.536. The fraction of sp³-hybridized carbons (Fsp3) is 1.00. The van der Waals surface area contributed by atoms with Crippen molar-refractivity contribution in [2.45, 2.75) is 25.7 Å². The van der Waals surface area contributed by atoms with Crippen molar-refractivity contribution in [3.8, 4) is 0 Å². The Balaban J connectivity index is 1.80. The summed E-state index contributed by atoms with van der Waals surface area (Å²) in [7, 11) is 0. The van der Waals surface area contributed by atoms with Crippen LogP contribution in [-0.4, -0.2) is 5.75 Å². The Bertz CT molecular complexity index is 48.1. The van der Waals surface area contributed by atoms with Gasteiger partial charge in [0.15, 0.2) is 0 Å². The maximum atomic E-state index is 4.12. The van der Waals surface area contributed by atoms with Gasteiger partial charge in [-0.2, -0.15) is 12.6 Å². The molecule has 1 aliphatic carbocycles. The molecule has 1 saturated carbocycles. The Morgan fingerprint density at radius 1 is 1.43 bits per heavy atom. The maximum absolute atomic E-state index is 4.12. The average Bonchev–Trinajstić information content (AvgIpc) is 2.42. The molecule has 0 saturated heterocycles. The average molecular weight is 116 g/mol. The SMILES string of the molecule is SCCCC1CC1. The molecule has 0 radical (unpaired) electrons. The topological polar surface area (TPSA) is 0 Å². The van der Waals surface area contributed by atoms with E-state index in [0.717, 1.165) is 11.7 Å². The van der Waals surface area contributed by atoms with E-state index in [0.29, 0.717) is 0 Å². The van der Waals surface area contributed by atoms with Gasteiger partial charge in [-0.25, -0.2) is 0 Å². The number of thiol groups is 1. The van der Waals surface area contributed by atoms with Crippen molar-refractivity contribution in [3.63, 3.8) is 0 Å². The molecule has 0 spiro atoms. The summed E-state index contributed by atoms with van der Waals surface area (Å²) in [6.07, 6.45) is 5.75. The molecule has 0 unspecified atom stereocenters. The van der Waals surface area contributed by atoms with Crippen LogP contribution in [0.4, 0.5) is 0 Å². The van der Waals surface area contributed by atoms with Crippen molar-refractivity contribution >= 4 is 12.6 Å². The highest BCUT2D eigenvalue weighted by molar-refractivity contribution is 7.80. The lowest BCUT2D eigenvalue weighted by Crippen LogP contribution is -1.76. The minimum absolute atomic E-state index is 1.08. The van der Waals surface area contributed by atoms with Gasteiger partial charge in [0.25, 0.3) is 0 Å². The first-order chi connectivity index (χ1) is 3.43. The second-order valence-electron chi connectivity index (χ2n) is 2.31. The van der Waals surface area contributed by atoms with Crippen molar-refractivity contribution in [1.82, 2.24) is 0 Å². The lowest BCUT2D eigenvalue weighted by atomic mass is 10.2. The van der Waals surface area contributed by atoms with Gasteiger partial charge in [0, 0.05) is 0 Å². The summed E-state index contributed by atoms with van der Waals surface area (Å²) in [4.78, 5) is 0. The van der Waals surface area contributed by atoms with Gasteiger partial charge in [-0.05, 0) is 24.5 Å². The van der Waals surface area contributed by atoms with Crippen molar-refractivity contribution in [2.24, 2.45) is 5.92 Å². The fourth-order valence-electron chi connectivity index (χ4n) is 0.786. The molecule has 42 valence electrons. The summed E-state index contributed by atoms with van der Waals surface area (Å²) in [6.45, 7) is 0. The highest BCUT2D eigenvalue weighted by atomic mass is 32.1. The highest BCUT2D eigenvalue weighted by Gasteiger charge is 2.19. The van der Waals surface area contributed by atoms with Crippen molar-refractivity contribution in [3.05, 3.63) is 0 Å². The van der Waals surface area contributed by atoms with Crippen molar-refractivity contribution in [2.75, 3.05) is 5.75 Å². The van der Waals surface area contributed by atoms with Crippen LogP contribution in [0.5, 0.6) is 0 Å². The van der Waals surface area contributed by atoms with Gasteiger partial charge >= 0.3 is 0 Å². The van der Waals surface area contributed by atoms with Crippen molar-refractivity contribution in [1.29, 1.82) is 0 Å². The normalized spacial score (nSPS) is 20.1. The fourth-order valence-corrected chi connectivity index (χ4v) is 0.969. The van der Waals surface area contributed by atoms with Gasteiger partial charge in [-0.3, -0.25) is 0 Å². The van der Waals surface area contributed by atoms with Crippen LogP contribution < -0.4 is 0 Å². The zero-order chi connectivity index (χ0) is 5.11. The smallest absolute Gasteiger partial charge is 0.00978 e. The molecule has 7 heavy (non-hydrogen) atoms. The maximum Gasteiger partial charge on any atom is -0.00978 e. The molecule has 0 nitrogen and oxygen atoms in total. The van der Waals surface area contributed by atoms with Gasteiger partial charge in [0.1, 0.15) is 0 Å². The predicted molar refractivity (Wildman–Crippen MR) is 35.8 cm³/mol. The summed E-state index contributed by atoms with van der Waals surface area (Å²) in [5.41, 5.74) is 0. The van der Waals surface area contributed by atoms with E-state index < -0.39 is 0 Å². The Hall–Kier alpha value is 0.350. The first-order valence-corrected chi connectivity index (χ1v) is 3.67. The van der Waals surface area contributed by atoms with Crippen LogP contribution >= 0.6 is 12.6 Å². The predicted octanol–water partition coefficient (Wildman–Crippen LogP) is 2.11. The summed E-state index contributed by atoms with van der Waals surface area (Å²) < 4.78 is 0. The Morgan fingerprint density at radius 2 is 2.14 bits per heavy atom. The molecular formula is C6H12S. The van der Waals surface area contributed by atoms with Crippen LogP contribution in [0.3, 0.4) is 0 Å². The molecule has 0 aromatic rings. The molecule has 0 heterocycles. The van der Waals surface area contributed by atoms with Crippen LogP contribution in [0.2, 0.25) is 0 Å². The molecule has 1 fully saturated rings. The molecule has 0 atom stereocenters. The van der Waals surface area contributed by atoms with Crippen LogP contribution in [0.1, 0.15) is 25.7 Å². The van der Waals surface area contributed by atoms with Crippen LogP contribution in [-0.2, 0) is 0 Å². The second-order valence-corrected chi connectivity index (χ2v) is 2.76. The second kappa shape index (κ2) is 2.61. The Kier molecular flexibility index (Phi) is 2.04. The third kappa shape index (κ3) is 2.22. The van der Waals surface area contributed by atoms with E-state index in [9.17, 15) is 0 Å². The standard InChI is InChI=1S/C6H12S/c7-5-1-2-6-3-4-6/h6-7H,1-5H2. The Morgan fingerprint density at radius 3 is 2.57 bits per heavy atom. The zero-order valence-corrected chi connectivity index (χ0v) is 5.45.